The first kappa shape index (κ1) is 15.8. The third-order valence-corrected chi connectivity index (χ3v) is 4.44. The van der Waals surface area contributed by atoms with Crippen LogP contribution < -0.4 is 15.8 Å². The van der Waals surface area contributed by atoms with Crippen molar-refractivity contribution in [2.45, 2.75) is 6.92 Å². The first-order valence-corrected chi connectivity index (χ1v) is 7.79. The molecule has 23 heavy (non-hydrogen) atoms. The molecule has 2 aromatic rings. The number of rotatable bonds is 2. The minimum atomic E-state index is -0.449. The van der Waals surface area contributed by atoms with Crippen molar-refractivity contribution >= 4 is 34.8 Å². The number of nitrogens with zero attached hydrogens (tertiary/aromatic N) is 3. The maximum atomic E-state index is 12.5. The summed E-state index contributed by atoms with van der Waals surface area (Å²) in [6.07, 6.45) is 1.50. The van der Waals surface area contributed by atoms with Crippen molar-refractivity contribution in [1.82, 2.24) is 15.1 Å². The van der Waals surface area contributed by atoms with Crippen LogP contribution in [-0.2, 0) is 4.79 Å². The number of halogens is 2. The van der Waals surface area contributed by atoms with Crippen LogP contribution in [0.25, 0.3) is 5.69 Å². The Bertz CT molecular complexity index is 835. The largest absolute Gasteiger partial charge is 0.358 e. The van der Waals surface area contributed by atoms with Gasteiger partial charge in [0.2, 0.25) is 5.91 Å². The second-order valence-electron chi connectivity index (χ2n) is 5.27. The second kappa shape index (κ2) is 6.22. The van der Waals surface area contributed by atoms with Gasteiger partial charge in [-0.15, -0.1) is 0 Å². The molecule has 2 heterocycles. The summed E-state index contributed by atoms with van der Waals surface area (Å²) in [5.41, 5.74) is 1.46. The third-order valence-electron chi connectivity index (χ3n) is 3.68. The number of hydrogen-bond acceptors (Lipinski definition) is 4. The number of benzene rings is 1. The minimum Gasteiger partial charge on any atom is -0.358 e. The van der Waals surface area contributed by atoms with Crippen LogP contribution in [0.5, 0.6) is 0 Å². The molecule has 0 aliphatic carbocycles. The first-order chi connectivity index (χ1) is 11.0. The molecule has 0 unspecified atom stereocenters. The molecule has 0 saturated carbocycles. The minimum absolute atomic E-state index is 0.0337. The molecule has 1 fully saturated rings. The highest BCUT2D eigenvalue weighted by Crippen LogP contribution is 2.23. The van der Waals surface area contributed by atoms with Gasteiger partial charge in [-0.1, -0.05) is 29.3 Å². The fraction of sp³-hybridized carbons (Fsp3) is 0.267. The number of hydrogen-bond donors (Lipinski definition) is 1. The van der Waals surface area contributed by atoms with Crippen molar-refractivity contribution in [2.75, 3.05) is 24.5 Å². The summed E-state index contributed by atoms with van der Waals surface area (Å²) in [7, 11) is 0. The molecule has 120 valence electrons. The Labute approximate surface area is 142 Å². The van der Waals surface area contributed by atoms with Gasteiger partial charge in [0.15, 0.2) is 0 Å². The van der Waals surface area contributed by atoms with Crippen LogP contribution in [0.4, 0.5) is 5.69 Å². The van der Waals surface area contributed by atoms with E-state index < -0.39 is 5.56 Å². The highest BCUT2D eigenvalue weighted by atomic mass is 35.5. The van der Waals surface area contributed by atoms with Gasteiger partial charge in [0, 0.05) is 18.1 Å². The first-order valence-electron chi connectivity index (χ1n) is 7.03. The number of piperazine rings is 1. The van der Waals surface area contributed by atoms with Gasteiger partial charge in [-0.2, -0.15) is 9.78 Å². The van der Waals surface area contributed by atoms with Crippen molar-refractivity contribution in [3.63, 3.8) is 0 Å². The maximum Gasteiger partial charge on any atom is 0.292 e. The van der Waals surface area contributed by atoms with E-state index in [4.69, 9.17) is 23.2 Å². The van der Waals surface area contributed by atoms with Crippen molar-refractivity contribution < 1.29 is 4.79 Å². The summed E-state index contributed by atoms with van der Waals surface area (Å²) in [5.74, 6) is -0.109. The van der Waals surface area contributed by atoms with E-state index in [1.807, 2.05) is 13.0 Å². The standard InChI is InChI=1S/C15H14Cl2N4O2/c1-9-2-3-10(6-11(9)16)21-15(23)14(17)12(7-19-21)20-5-4-18-13(22)8-20/h2-3,6-7H,4-5,8H2,1H3,(H,18,22). The summed E-state index contributed by atoms with van der Waals surface area (Å²) in [6.45, 7) is 3.11. The Kier molecular flexibility index (Phi) is 4.28. The lowest BCUT2D eigenvalue weighted by atomic mass is 10.2. The molecule has 0 atom stereocenters. The molecule has 0 radical (unpaired) electrons. The van der Waals surface area contributed by atoms with E-state index in [1.165, 1.54) is 10.9 Å². The quantitative estimate of drug-likeness (QED) is 0.894. The predicted molar refractivity (Wildman–Crippen MR) is 89.8 cm³/mol. The number of carbonyl (C=O) groups excluding carboxylic acids is 1. The Morgan fingerprint density at radius 2 is 2.04 bits per heavy atom. The highest BCUT2D eigenvalue weighted by molar-refractivity contribution is 6.33. The average molecular weight is 353 g/mol. The monoisotopic (exact) mass is 352 g/mol. The Hall–Kier alpha value is -2.05. The predicted octanol–water partition coefficient (Wildman–Crippen LogP) is 1.78. The van der Waals surface area contributed by atoms with Crippen molar-refractivity contribution in [3.8, 4) is 5.69 Å². The third kappa shape index (κ3) is 3.04. The van der Waals surface area contributed by atoms with E-state index in [9.17, 15) is 9.59 Å². The van der Waals surface area contributed by atoms with Crippen LogP contribution in [0.1, 0.15) is 5.56 Å². The Balaban J connectivity index is 2.02. The fourth-order valence-electron chi connectivity index (χ4n) is 2.39. The zero-order chi connectivity index (χ0) is 16.6. The van der Waals surface area contributed by atoms with Gasteiger partial charge in [0.05, 0.1) is 24.1 Å². The van der Waals surface area contributed by atoms with E-state index in [2.05, 4.69) is 10.4 Å². The van der Waals surface area contributed by atoms with E-state index in [-0.39, 0.29) is 17.5 Å². The molecule has 1 saturated heterocycles. The molecule has 1 aliphatic heterocycles. The lowest BCUT2D eigenvalue weighted by Crippen LogP contribution is -2.48. The summed E-state index contributed by atoms with van der Waals surface area (Å²) < 4.78 is 1.20. The molecule has 1 N–H and O–H groups in total. The topological polar surface area (TPSA) is 67.2 Å². The molecule has 3 rings (SSSR count). The van der Waals surface area contributed by atoms with Crippen LogP contribution in [0.15, 0.2) is 29.2 Å². The summed E-state index contributed by atoms with van der Waals surface area (Å²) >= 11 is 12.3. The molecule has 0 spiro atoms. The van der Waals surface area contributed by atoms with E-state index in [1.54, 1.807) is 17.0 Å². The van der Waals surface area contributed by atoms with Crippen molar-refractivity contribution in [2.24, 2.45) is 0 Å². The number of aromatic nitrogens is 2. The molecular weight excluding hydrogens is 339 g/mol. The molecule has 1 aromatic heterocycles. The molecule has 1 aromatic carbocycles. The molecule has 1 amide bonds. The number of nitrogens with one attached hydrogen (secondary N) is 1. The molecular formula is C15H14Cl2N4O2. The van der Waals surface area contributed by atoms with E-state index in [0.717, 1.165) is 5.56 Å². The Morgan fingerprint density at radius 3 is 2.74 bits per heavy atom. The van der Waals surface area contributed by atoms with Crippen LogP contribution in [0.2, 0.25) is 10.0 Å². The van der Waals surface area contributed by atoms with Gasteiger partial charge in [0.25, 0.3) is 5.56 Å². The van der Waals surface area contributed by atoms with Gasteiger partial charge in [-0.25, -0.2) is 0 Å². The van der Waals surface area contributed by atoms with Gasteiger partial charge >= 0.3 is 0 Å². The summed E-state index contributed by atoms with van der Waals surface area (Å²) in [5, 5.41) is 7.47. The Morgan fingerprint density at radius 1 is 1.26 bits per heavy atom. The van der Waals surface area contributed by atoms with Crippen LogP contribution >= 0.6 is 23.2 Å². The fourth-order valence-corrected chi connectivity index (χ4v) is 2.81. The lowest BCUT2D eigenvalue weighted by Gasteiger charge is -2.28. The smallest absolute Gasteiger partial charge is 0.292 e. The number of anilines is 1. The van der Waals surface area contributed by atoms with E-state index >= 15 is 0 Å². The normalized spacial score (nSPS) is 14.7. The molecule has 0 bridgehead atoms. The highest BCUT2D eigenvalue weighted by Gasteiger charge is 2.21. The number of aryl methyl sites for hydroxylation is 1. The van der Waals surface area contributed by atoms with Gasteiger partial charge in [-0.3, -0.25) is 9.59 Å². The zero-order valence-corrected chi connectivity index (χ0v) is 13.9. The number of amides is 1. The summed E-state index contributed by atoms with van der Waals surface area (Å²) in [6, 6.07) is 5.22. The van der Waals surface area contributed by atoms with Gasteiger partial charge in [-0.05, 0) is 24.6 Å². The van der Waals surface area contributed by atoms with Crippen molar-refractivity contribution in [1.29, 1.82) is 0 Å². The SMILES string of the molecule is Cc1ccc(-n2ncc(N3CCNC(=O)C3)c(Cl)c2=O)cc1Cl. The van der Waals surface area contributed by atoms with E-state index in [0.29, 0.717) is 29.5 Å². The zero-order valence-electron chi connectivity index (χ0n) is 12.3. The van der Waals surface area contributed by atoms with Crippen LogP contribution in [0.3, 0.4) is 0 Å². The van der Waals surface area contributed by atoms with Gasteiger partial charge < -0.3 is 10.2 Å². The van der Waals surface area contributed by atoms with Crippen molar-refractivity contribution in [3.05, 3.63) is 50.4 Å². The van der Waals surface area contributed by atoms with Crippen LogP contribution in [0, 0.1) is 6.92 Å². The average Bonchev–Trinajstić information content (AvgIpc) is 2.53. The van der Waals surface area contributed by atoms with Crippen LogP contribution in [-0.4, -0.2) is 35.3 Å². The summed E-state index contributed by atoms with van der Waals surface area (Å²) in [4.78, 5) is 25.7. The molecule has 6 nitrogen and oxygen atoms in total. The van der Waals surface area contributed by atoms with Gasteiger partial charge in [0.1, 0.15) is 5.02 Å². The molecule has 8 heteroatoms. The molecule has 1 aliphatic rings. The maximum absolute atomic E-state index is 12.5. The lowest BCUT2D eigenvalue weighted by molar-refractivity contribution is -0.120. The number of carbonyl (C=O) groups is 1. The second-order valence-corrected chi connectivity index (χ2v) is 6.05.